The van der Waals surface area contributed by atoms with Gasteiger partial charge in [0, 0.05) is 12.3 Å². The molecule has 116 valence electrons. The first-order valence-electron chi connectivity index (χ1n) is 8.20. The Morgan fingerprint density at radius 3 is 2.52 bits per heavy atom. The van der Waals surface area contributed by atoms with Crippen LogP contribution in [0.15, 0.2) is 6.07 Å². The standard InChI is InChI=1S/C17H26N2OS/c1-4-20-17(9-7-16(2,3)8-10-17)15-18-13(12-5-6-12)11-14(21)19-15/h11-12H,4-10H2,1-3H3,(H,18,19,21). The molecule has 0 bridgehead atoms. The molecule has 0 unspecified atom stereocenters. The average molecular weight is 306 g/mol. The third-order valence-electron chi connectivity index (χ3n) is 5.04. The normalized spacial score (nSPS) is 24.0. The molecule has 1 aromatic rings. The quantitative estimate of drug-likeness (QED) is 0.808. The number of aromatic nitrogens is 2. The predicted molar refractivity (Wildman–Crippen MR) is 86.9 cm³/mol. The Hall–Kier alpha value is -0.740. The third-order valence-corrected chi connectivity index (χ3v) is 5.25. The van der Waals surface area contributed by atoms with Crippen LogP contribution in [0.2, 0.25) is 0 Å². The second-order valence-electron chi connectivity index (χ2n) is 7.39. The van der Waals surface area contributed by atoms with Crippen LogP contribution in [0.25, 0.3) is 0 Å². The highest BCUT2D eigenvalue weighted by atomic mass is 32.1. The largest absolute Gasteiger partial charge is 0.367 e. The van der Waals surface area contributed by atoms with Gasteiger partial charge in [0.15, 0.2) is 0 Å². The average Bonchev–Trinajstić information content (AvgIpc) is 3.25. The van der Waals surface area contributed by atoms with Gasteiger partial charge in [-0.25, -0.2) is 4.98 Å². The molecule has 0 aromatic carbocycles. The van der Waals surface area contributed by atoms with Crippen LogP contribution in [-0.2, 0) is 10.3 Å². The van der Waals surface area contributed by atoms with E-state index in [1.165, 1.54) is 31.4 Å². The lowest BCUT2D eigenvalue weighted by molar-refractivity contribution is -0.0949. The van der Waals surface area contributed by atoms with E-state index in [0.29, 0.717) is 16.0 Å². The summed E-state index contributed by atoms with van der Waals surface area (Å²) in [5.41, 5.74) is 1.41. The van der Waals surface area contributed by atoms with Gasteiger partial charge in [0.2, 0.25) is 0 Å². The number of nitrogens with zero attached hydrogens (tertiary/aromatic N) is 1. The highest BCUT2D eigenvalue weighted by molar-refractivity contribution is 7.71. The van der Waals surface area contributed by atoms with Crippen molar-refractivity contribution in [2.24, 2.45) is 5.41 Å². The van der Waals surface area contributed by atoms with E-state index in [1.807, 2.05) is 6.07 Å². The van der Waals surface area contributed by atoms with Crippen molar-refractivity contribution in [3.63, 3.8) is 0 Å². The molecule has 3 nitrogen and oxygen atoms in total. The maximum atomic E-state index is 6.22. The van der Waals surface area contributed by atoms with Crippen LogP contribution in [0.3, 0.4) is 0 Å². The highest BCUT2D eigenvalue weighted by Gasteiger charge is 2.42. The van der Waals surface area contributed by atoms with Crippen molar-refractivity contribution in [2.75, 3.05) is 6.61 Å². The monoisotopic (exact) mass is 306 g/mol. The van der Waals surface area contributed by atoms with Crippen LogP contribution in [0, 0.1) is 10.1 Å². The number of hydrogen-bond acceptors (Lipinski definition) is 3. The Labute approximate surface area is 132 Å². The second-order valence-corrected chi connectivity index (χ2v) is 7.81. The van der Waals surface area contributed by atoms with E-state index in [-0.39, 0.29) is 5.60 Å². The Bertz CT molecular complexity index is 564. The molecular weight excluding hydrogens is 280 g/mol. The van der Waals surface area contributed by atoms with Gasteiger partial charge in [-0.15, -0.1) is 0 Å². The van der Waals surface area contributed by atoms with Gasteiger partial charge in [-0.3, -0.25) is 0 Å². The Morgan fingerprint density at radius 1 is 1.29 bits per heavy atom. The van der Waals surface area contributed by atoms with E-state index in [1.54, 1.807) is 0 Å². The molecular formula is C17H26N2OS. The lowest BCUT2D eigenvalue weighted by Gasteiger charge is -2.42. The summed E-state index contributed by atoms with van der Waals surface area (Å²) in [5, 5.41) is 0. The minimum atomic E-state index is -0.261. The van der Waals surface area contributed by atoms with Gasteiger partial charge in [0.1, 0.15) is 16.1 Å². The molecule has 2 fully saturated rings. The molecule has 0 spiro atoms. The summed E-state index contributed by atoms with van der Waals surface area (Å²) in [6, 6.07) is 2.03. The highest BCUT2D eigenvalue weighted by Crippen LogP contribution is 2.47. The molecule has 0 amide bonds. The number of hydrogen-bond donors (Lipinski definition) is 1. The van der Waals surface area contributed by atoms with Crippen LogP contribution >= 0.6 is 12.2 Å². The summed E-state index contributed by atoms with van der Waals surface area (Å²) in [6.07, 6.45) is 6.93. The summed E-state index contributed by atoms with van der Waals surface area (Å²) in [5.74, 6) is 1.63. The molecule has 2 aliphatic carbocycles. The lowest BCUT2D eigenvalue weighted by Crippen LogP contribution is -2.39. The number of ether oxygens (including phenoxy) is 1. The zero-order valence-electron chi connectivity index (χ0n) is 13.4. The summed E-state index contributed by atoms with van der Waals surface area (Å²) in [6.45, 7) is 7.48. The van der Waals surface area contributed by atoms with Crippen molar-refractivity contribution in [3.05, 3.63) is 22.2 Å². The SMILES string of the molecule is CCOC1(c2nc(=S)cc(C3CC3)[nH]2)CCC(C)(C)CC1. The van der Waals surface area contributed by atoms with Crippen molar-refractivity contribution >= 4 is 12.2 Å². The van der Waals surface area contributed by atoms with Crippen molar-refractivity contribution < 1.29 is 4.74 Å². The molecule has 1 N–H and O–H groups in total. The van der Waals surface area contributed by atoms with Crippen LogP contribution < -0.4 is 0 Å². The van der Waals surface area contributed by atoms with E-state index in [4.69, 9.17) is 17.0 Å². The first-order chi connectivity index (χ1) is 9.94. The van der Waals surface area contributed by atoms with Crippen molar-refractivity contribution in [1.82, 2.24) is 9.97 Å². The van der Waals surface area contributed by atoms with Crippen LogP contribution in [0.5, 0.6) is 0 Å². The Morgan fingerprint density at radius 2 is 1.95 bits per heavy atom. The number of rotatable bonds is 4. The zero-order valence-corrected chi connectivity index (χ0v) is 14.2. The Balaban J connectivity index is 1.95. The van der Waals surface area contributed by atoms with Gasteiger partial charge in [0.05, 0.1) is 0 Å². The first kappa shape index (κ1) is 15.2. The minimum Gasteiger partial charge on any atom is -0.367 e. The van der Waals surface area contributed by atoms with Crippen molar-refractivity contribution in [1.29, 1.82) is 0 Å². The van der Waals surface area contributed by atoms with E-state index in [2.05, 4.69) is 30.7 Å². The third kappa shape index (κ3) is 3.21. The van der Waals surface area contributed by atoms with Gasteiger partial charge >= 0.3 is 0 Å². The predicted octanol–water partition coefficient (Wildman–Crippen LogP) is 4.85. The first-order valence-corrected chi connectivity index (χ1v) is 8.61. The van der Waals surface area contributed by atoms with Crippen molar-refractivity contribution in [3.8, 4) is 0 Å². The summed E-state index contributed by atoms with van der Waals surface area (Å²) in [7, 11) is 0. The molecule has 0 aliphatic heterocycles. The fourth-order valence-corrected chi connectivity index (χ4v) is 3.58. The lowest BCUT2D eigenvalue weighted by atomic mass is 9.70. The Kier molecular flexibility index (Phi) is 3.95. The van der Waals surface area contributed by atoms with Crippen molar-refractivity contribution in [2.45, 2.75) is 70.8 Å². The molecule has 3 rings (SSSR count). The van der Waals surface area contributed by atoms with Crippen LogP contribution in [0.4, 0.5) is 0 Å². The van der Waals surface area contributed by atoms with Gasteiger partial charge in [-0.05, 0) is 62.8 Å². The van der Waals surface area contributed by atoms with Crippen LogP contribution in [0.1, 0.15) is 76.7 Å². The van der Waals surface area contributed by atoms with E-state index in [0.717, 1.165) is 25.3 Å². The number of aromatic amines is 1. The van der Waals surface area contributed by atoms with Gasteiger partial charge in [0.25, 0.3) is 0 Å². The van der Waals surface area contributed by atoms with Gasteiger partial charge in [-0.2, -0.15) is 0 Å². The maximum Gasteiger partial charge on any atom is 0.140 e. The summed E-state index contributed by atoms with van der Waals surface area (Å²) < 4.78 is 6.92. The van der Waals surface area contributed by atoms with Crippen LogP contribution in [-0.4, -0.2) is 16.6 Å². The zero-order chi connectivity index (χ0) is 15.1. The fourth-order valence-electron chi connectivity index (χ4n) is 3.36. The molecule has 1 aromatic heterocycles. The molecule has 4 heteroatoms. The minimum absolute atomic E-state index is 0.261. The van der Waals surface area contributed by atoms with E-state index < -0.39 is 0 Å². The summed E-state index contributed by atoms with van der Waals surface area (Å²) >= 11 is 5.40. The molecule has 21 heavy (non-hydrogen) atoms. The molecule has 2 aliphatic rings. The van der Waals surface area contributed by atoms with E-state index in [9.17, 15) is 0 Å². The molecule has 0 atom stereocenters. The second kappa shape index (κ2) is 5.47. The fraction of sp³-hybridized carbons (Fsp3) is 0.765. The van der Waals surface area contributed by atoms with Gasteiger partial charge < -0.3 is 9.72 Å². The number of H-pyrrole nitrogens is 1. The molecule has 2 saturated carbocycles. The summed E-state index contributed by atoms with van der Waals surface area (Å²) in [4.78, 5) is 8.21. The number of nitrogens with one attached hydrogen (secondary N) is 1. The van der Waals surface area contributed by atoms with E-state index >= 15 is 0 Å². The maximum absolute atomic E-state index is 6.22. The molecule has 0 radical (unpaired) electrons. The topological polar surface area (TPSA) is 37.9 Å². The molecule has 0 saturated heterocycles. The smallest absolute Gasteiger partial charge is 0.140 e. The molecule has 1 heterocycles. The van der Waals surface area contributed by atoms with Gasteiger partial charge in [-0.1, -0.05) is 26.1 Å².